The second-order valence-corrected chi connectivity index (χ2v) is 7.73. The van der Waals surface area contributed by atoms with E-state index in [0.717, 1.165) is 5.56 Å². The van der Waals surface area contributed by atoms with E-state index in [2.05, 4.69) is 0 Å². The number of halogens is 1. The van der Waals surface area contributed by atoms with E-state index in [1.54, 1.807) is 6.07 Å². The average Bonchev–Trinajstić information content (AvgIpc) is 2.81. The Morgan fingerprint density at radius 3 is 2.31 bits per heavy atom. The highest BCUT2D eigenvalue weighted by atomic mass is 127. The third kappa shape index (κ3) is 5.82. The summed E-state index contributed by atoms with van der Waals surface area (Å²) in [6.07, 6.45) is 0. The van der Waals surface area contributed by atoms with Gasteiger partial charge < -0.3 is 14.2 Å². The van der Waals surface area contributed by atoms with E-state index in [-0.39, 0.29) is 23.4 Å². The molecule has 0 radical (unpaired) electrons. The number of hydrogen-bond donors (Lipinski definition) is 0. The summed E-state index contributed by atoms with van der Waals surface area (Å²) in [5, 5.41) is 10.7. The van der Waals surface area contributed by atoms with Gasteiger partial charge in [0, 0.05) is 17.7 Å². The van der Waals surface area contributed by atoms with Crippen molar-refractivity contribution in [2.45, 2.75) is 6.61 Å². The lowest BCUT2D eigenvalue weighted by atomic mass is 10.1. The lowest BCUT2D eigenvalue weighted by molar-refractivity contribution is -0.384. The zero-order chi connectivity index (χ0) is 23.1. The summed E-state index contributed by atoms with van der Waals surface area (Å²) in [5.74, 6) is -0.320. The van der Waals surface area contributed by atoms with Gasteiger partial charge in [0.1, 0.15) is 6.61 Å². The van der Waals surface area contributed by atoms with Crippen LogP contribution in [0.3, 0.4) is 0 Å². The smallest absolute Gasteiger partial charge is 0.338 e. The highest BCUT2D eigenvalue weighted by molar-refractivity contribution is 14.1. The van der Waals surface area contributed by atoms with E-state index in [9.17, 15) is 19.7 Å². The average molecular weight is 547 g/mol. The van der Waals surface area contributed by atoms with Gasteiger partial charge >= 0.3 is 5.97 Å². The molecule has 0 saturated carbocycles. The number of rotatable bonds is 9. The van der Waals surface area contributed by atoms with Gasteiger partial charge in [0.2, 0.25) is 0 Å². The highest BCUT2D eigenvalue weighted by Crippen LogP contribution is 2.34. The van der Waals surface area contributed by atoms with Crippen LogP contribution in [0.25, 0.3) is 0 Å². The lowest BCUT2D eigenvalue weighted by Gasteiger charge is -2.14. The number of hydrogen-bond acceptors (Lipinski definition) is 7. The number of methoxy groups -OCH3 is 1. The number of Topliss-reactive ketones (excluding diaryl/α,β-unsaturated/α-hetero) is 1. The molecule has 0 spiro atoms. The third-order valence-electron chi connectivity index (χ3n) is 4.42. The van der Waals surface area contributed by atoms with E-state index in [4.69, 9.17) is 14.2 Å². The van der Waals surface area contributed by atoms with E-state index < -0.39 is 23.3 Å². The normalized spacial score (nSPS) is 10.3. The Balaban J connectivity index is 1.69. The minimum atomic E-state index is -0.703. The van der Waals surface area contributed by atoms with Crippen LogP contribution in [0.4, 0.5) is 5.69 Å². The molecule has 0 aliphatic carbocycles. The van der Waals surface area contributed by atoms with Gasteiger partial charge in [-0.2, -0.15) is 0 Å². The predicted molar refractivity (Wildman–Crippen MR) is 124 cm³/mol. The van der Waals surface area contributed by atoms with Crippen LogP contribution < -0.4 is 9.47 Å². The van der Waals surface area contributed by atoms with Crippen LogP contribution in [0.2, 0.25) is 0 Å². The van der Waals surface area contributed by atoms with Crippen molar-refractivity contribution in [3.8, 4) is 11.5 Å². The predicted octanol–water partition coefficient (Wildman–Crippen LogP) is 4.83. The number of esters is 1. The summed E-state index contributed by atoms with van der Waals surface area (Å²) in [5.41, 5.74) is 1.23. The van der Waals surface area contributed by atoms with Crippen LogP contribution in [-0.2, 0) is 11.3 Å². The first-order valence-electron chi connectivity index (χ1n) is 9.38. The third-order valence-corrected chi connectivity index (χ3v) is 5.22. The first-order chi connectivity index (χ1) is 15.4. The summed E-state index contributed by atoms with van der Waals surface area (Å²) < 4.78 is 17.0. The minimum Gasteiger partial charge on any atom is -0.492 e. The first-order valence-corrected chi connectivity index (χ1v) is 10.5. The molecule has 3 aromatic carbocycles. The van der Waals surface area contributed by atoms with E-state index in [1.165, 1.54) is 37.4 Å². The molecule has 9 heteroatoms. The Hall–Kier alpha value is -3.47. The van der Waals surface area contributed by atoms with Crippen molar-refractivity contribution >= 4 is 40.0 Å². The van der Waals surface area contributed by atoms with Gasteiger partial charge in [-0.1, -0.05) is 30.3 Å². The standard InChI is InChI=1S/C23H18INO7/c1-30-22-19(24)11-17(12-21(22)31-13-15-5-3-2-4-6-15)23(27)32-14-20(26)16-7-9-18(10-8-16)25(28)29/h2-12H,13-14H2,1H3. The minimum absolute atomic E-state index is 0.130. The Morgan fingerprint density at radius 1 is 1.00 bits per heavy atom. The molecule has 8 nitrogen and oxygen atoms in total. The summed E-state index contributed by atoms with van der Waals surface area (Å²) in [7, 11) is 1.51. The van der Waals surface area contributed by atoms with Gasteiger partial charge in [-0.05, 0) is 52.4 Å². The molecule has 0 fully saturated rings. The maximum Gasteiger partial charge on any atom is 0.338 e. The van der Waals surface area contributed by atoms with Gasteiger partial charge in [0.25, 0.3) is 5.69 Å². The van der Waals surface area contributed by atoms with Gasteiger partial charge in [0.05, 0.1) is 21.2 Å². The Labute approximate surface area is 197 Å². The molecule has 0 bridgehead atoms. The Morgan fingerprint density at radius 2 is 1.69 bits per heavy atom. The van der Waals surface area contributed by atoms with Crippen LogP contribution in [0.15, 0.2) is 66.7 Å². The summed E-state index contributed by atoms with van der Waals surface area (Å²) in [6, 6.07) is 17.7. The molecule has 32 heavy (non-hydrogen) atoms. The second-order valence-electron chi connectivity index (χ2n) is 6.57. The zero-order valence-electron chi connectivity index (χ0n) is 16.9. The quantitative estimate of drug-likeness (QED) is 0.124. The molecular weight excluding hydrogens is 529 g/mol. The molecule has 0 amide bonds. The van der Waals surface area contributed by atoms with Crippen molar-refractivity contribution in [2.24, 2.45) is 0 Å². The Kier molecular flexibility index (Phi) is 7.77. The molecule has 0 atom stereocenters. The molecule has 3 aromatic rings. The fraction of sp³-hybridized carbons (Fsp3) is 0.130. The lowest BCUT2D eigenvalue weighted by Crippen LogP contribution is -2.15. The second kappa shape index (κ2) is 10.7. The van der Waals surface area contributed by atoms with Crippen LogP contribution in [-0.4, -0.2) is 30.4 Å². The number of nitro groups is 1. The van der Waals surface area contributed by atoms with E-state index >= 15 is 0 Å². The van der Waals surface area contributed by atoms with Crippen molar-refractivity contribution < 1.29 is 28.7 Å². The molecule has 0 aliphatic rings. The highest BCUT2D eigenvalue weighted by Gasteiger charge is 2.18. The van der Waals surface area contributed by atoms with E-state index in [1.807, 2.05) is 52.9 Å². The fourth-order valence-electron chi connectivity index (χ4n) is 2.79. The number of nitro benzene ring substituents is 1. The van der Waals surface area contributed by atoms with Crippen molar-refractivity contribution in [1.82, 2.24) is 0 Å². The molecule has 164 valence electrons. The van der Waals surface area contributed by atoms with Crippen LogP contribution in [0, 0.1) is 13.7 Å². The molecule has 0 N–H and O–H groups in total. The molecule has 0 aliphatic heterocycles. The molecule has 0 heterocycles. The molecular formula is C23H18INO7. The number of ketones is 1. The largest absolute Gasteiger partial charge is 0.492 e. The van der Waals surface area contributed by atoms with Gasteiger partial charge in [0.15, 0.2) is 23.9 Å². The van der Waals surface area contributed by atoms with Gasteiger partial charge in [-0.15, -0.1) is 0 Å². The summed E-state index contributed by atoms with van der Waals surface area (Å²) in [4.78, 5) is 35.0. The SMILES string of the molecule is COc1c(I)cc(C(=O)OCC(=O)c2ccc([N+](=O)[O-])cc2)cc1OCc1ccccc1. The van der Waals surface area contributed by atoms with Crippen molar-refractivity contribution in [3.05, 3.63) is 97.1 Å². The molecule has 0 aromatic heterocycles. The number of carbonyl (C=O) groups is 2. The van der Waals surface area contributed by atoms with Crippen molar-refractivity contribution in [1.29, 1.82) is 0 Å². The van der Waals surface area contributed by atoms with Gasteiger partial charge in [-0.25, -0.2) is 4.79 Å². The van der Waals surface area contributed by atoms with Crippen molar-refractivity contribution in [2.75, 3.05) is 13.7 Å². The molecule has 0 unspecified atom stereocenters. The van der Waals surface area contributed by atoms with Gasteiger partial charge in [-0.3, -0.25) is 14.9 Å². The fourth-order valence-corrected chi connectivity index (χ4v) is 3.61. The first kappa shape index (κ1) is 23.2. The zero-order valence-corrected chi connectivity index (χ0v) is 19.1. The molecule has 0 saturated heterocycles. The summed E-state index contributed by atoms with van der Waals surface area (Å²) >= 11 is 2.02. The topological polar surface area (TPSA) is 105 Å². The number of carbonyl (C=O) groups excluding carboxylic acids is 2. The number of ether oxygens (including phenoxy) is 3. The monoisotopic (exact) mass is 547 g/mol. The maximum absolute atomic E-state index is 12.5. The van der Waals surface area contributed by atoms with Crippen LogP contribution >= 0.6 is 22.6 Å². The molecule has 3 rings (SSSR count). The van der Waals surface area contributed by atoms with Crippen LogP contribution in [0.5, 0.6) is 11.5 Å². The van der Waals surface area contributed by atoms with Crippen LogP contribution in [0.1, 0.15) is 26.3 Å². The van der Waals surface area contributed by atoms with Crippen molar-refractivity contribution in [3.63, 3.8) is 0 Å². The Bertz CT molecular complexity index is 1130. The number of benzene rings is 3. The van der Waals surface area contributed by atoms with E-state index in [0.29, 0.717) is 15.1 Å². The number of non-ortho nitro benzene ring substituents is 1. The summed E-state index contributed by atoms with van der Waals surface area (Å²) in [6.45, 7) is -0.218. The maximum atomic E-state index is 12.5. The number of nitrogens with zero attached hydrogens (tertiary/aromatic N) is 1.